The van der Waals surface area contributed by atoms with Crippen molar-refractivity contribution in [1.29, 1.82) is 0 Å². The van der Waals surface area contributed by atoms with Gasteiger partial charge in [0.15, 0.2) is 5.78 Å². The van der Waals surface area contributed by atoms with Gasteiger partial charge in [-0.15, -0.1) is 0 Å². The normalized spacial score (nSPS) is 10.0. The fourth-order valence-electron chi connectivity index (χ4n) is 1.92. The van der Waals surface area contributed by atoms with Crippen molar-refractivity contribution in [1.82, 2.24) is 0 Å². The van der Waals surface area contributed by atoms with Crippen molar-refractivity contribution in [2.24, 2.45) is 0 Å². The fraction of sp³-hybridized carbons (Fsp3) is 0.125. The number of amides is 1. The molecule has 0 aliphatic rings. The molecule has 0 aromatic heterocycles. The lowest BCUT2D eigenvalue weighted by atomic mass is 10.0. The number of benzene rings is 2. The van der Waals surface area contributed by atoms with Crippen LogP contribution in [0.1, 0.15) is 22.8 Å². The SMILES string of the molecule is COc1ccc(Cl)cc1C(=O)c1ccc(NC(C)=O)cc1. The van der Waals surface area contributed by atoms with Crippen LogP contribution in [0.5, 0.6) is 5.75 Å². The maximum Gasteiger partial charge on any atom is 0.221 e. The number of halogens is 1. The first-order valence-electron chi connectivity index (χ1n) is 6.27. The maximum absolute atomic E-state index is 12.5. The lowest BCUT2D eigenvalue weighted by Gasteiger charge is -2.09. The van der Waals surface area contributed by atoms with E-state index in [9.17, 15) is 9.59 Å². The first-order chi connectivity index (χ1) is 10.0. The summed E-state index contributed by atoms with van der Waals surface area (Å²) in [5.41, 5.74) is 1.53. The zero-order chi connectivity index (χ0) is 15.4. The number of carbonyl (C=O) groups excluding carboxylic acids is 2. The van der Waals surface area contributed by atoms with Crippen molar-refractivity contribution in [3.63, 3.8) is 0 Å². The minimum Gasteiger partial charge on any atom is -0.496 e. The van der Waals surface area contributed by atoms with E-state index in [1.165, 1.54) is 14.0 Å². The molecule has 0 unspecified atom stereocenters. The quantitative estimate of drug-likeness (QED) is 0.879. The highest BCUT2D eigenvalue weighted by atomic mass is 35.5. The molecule has 4 nitrogen and oxygen atoms in total. The Kier molecular flexibility index (Phi) is 4.60. The lowest BCUT2D eigenvalue weighted by molar-refractivity contribution is -0.114. The topological polar surface area (TPSA) is 55.4 Å². The van der Waals surface area contributed by atoms with Crippen LogP contribution in [0.25, 0.3) is 0 Å². The van der Waals surface area contributed by atoms with Gasteiger partial charge in [0.2, 0.25) is 5.91 Å². The molecule has 2 aromatic rings. The molecular weight excluding hydrogens is 290 g/mol. The molecule has 0 radical (unpaired) electrons. The summed E-state index contributed by atoms with van der Waals surface area (Å²) in [5.74, 6) is 0.115. The molecule has 0 aliphatic carbocycles. The molecule has 0 fully saturated rings. The van der Waals surface area contributed by atoms with Crippen molar-refractivity contribution < 1.29 is 14.3 Å². The van der Waals surface area contributed by atoms with Gasteiger partial charge in [-0.25, -0.2) is 0 Å². The zero-order valence-corrected chi connectivity index (χ0v) is 12.4. The molecule has 1 amide bonds. The predicted octanol–water partition coefficient (Wildman–Crippen LogP) is 3.54. The Morgan fingerprint density at radius 3 is 2.33 bits per heavy atom. The Morgan fingerprint density at radius 1 is 1.10 bits per heavy atom. The van der Waals surface area contributed by atoms with E-state index in [0.717, 1.165) is 0 Å². The molecule has 0 bridgehead atoms. The standard InChI is InChI=1S/C16H14ClNO3/c1-10(19)18-13-6-3-11(4-7-13)16(20)14-9-12(17)5-8-15(14)21-2/h3-9H,1-2H3,(H,18,19). The number of hydrogen-bond acceptors (Lipinski definition) is 3. The number of ketones is 1. The van der Waals surface area contributed by atoms with E-state index >= 15 is 0 Å². The van der Waals surface area contributed by atoms with Gasteiger partial charge in [0, 0.05) is 23.2 Å². The fourth-order valence-corrected chi connectivity index (χ4v) is 2.09. The third-order valence-corrected chi connectivity index (χ3v) is 3.11. The van der Waals surface area contributed by atoms with Crippen molar-refractivity contribution in [3.05, 3.63) is 58.6 Å². The number of anilines is 1. The number of nitrogens with one attached hydrogen (secondary N) is 1. The van der Waals surface area contributed by atoms with Crippen molar-refractivity contribution in [2.75, 3.05) is 12.4 Å². The third-order valence-electron chi connectivity index (χ3n) is 2.87. The molecule has 0 aliphatic heterocycles. The molecule has 5 heteroatoms. The average Bonchev–Trinajstić information content (AvgIpc) is 2.46. The third kappa shape index (κ3) is 3.61. The van der Waals surface area contributed by atoms with Crippen molar-refractivity contribution in [3.8, 4) is 5.75 Å². The van der Waals surface area contributed by atoms with Gasteiger partial charge in [-0.3, -0.25) is 9.59 Å². The van der Waals surface area contributed by atoms with Gasteiger partial charge >= 0.3 is 0 Å². The maximum atomic E-state index is 12.5. The Morgan fingerprint density at radius 2 is 1.76 bits per heavy atom. The molecule has 0 atom stereocenters. The van der Waals surface area contributed by atoms with Crippen LogP contribution in [0.3, 0.4) is 0 Å². The average molecular weight is 304 g/mol. The van der Waals surface area contributed by atoms with Gasteiger partial charge in [-0.05, 0) is 42.5 Å². The Balaban J connectivity index is 2.32. The summed E-state index contributed by atoms with van der Waals surface area (Å²) in [6, 6.07) is 11.5. The summed E-state index contributed by atoms with van der Waals surface area (Å²) in [4.78, 5) is 23.5. The molecule has 2 aromatic carbocycles. The monoisotopic (exact) mass is 303 g/mol. The van der Waals surface area contributed by atoms with E-state index in [0.29, 0.717) is 27.6 Å². The smallest absolute Gasteiger partial charge is 0.221 e. The van der Waals surface area contributed by atoms with Gasteiger partial charge in [0.05, 0.1) is 12.7 Å². The summed E-state index contributed by atoms with van der Waals surface area (Å²) >= 11 is 5.93. The highest BCUT2D eigenvalue weighted by molar-refractivity contribution is 6.31. The van der Waals surface area contributed by atoms with E-state index < -0.39 is 0 Å². The van der Waals surface area contributed by atoms with E-state index in [-0.39, 0.29) is 11.7 Å². The molecular formula is C16H14ClNO3. The minimum absolute atomic E-state index is 0.161. The Hall–Kier alpha value is -2.33. The van der Waals surface area contributed by atoms with Crippen LogP contribution in [0.15, 0.2) is 42.5 Å². The molecule has 1 N–H and O–H groups in total. The van der Waals surface area contributed by atoms with Crippen LogP contribution in [0.4, 0.5) is 5.69 Å². The number of rotatable bonds is 4. The Labute approximate surface area is 127 Å². The molecule has 108 valence electrons. The summed E-state index contributed by atoms with van der Waals surface area (Å²) in [7, 11) is 1.50. The first-order valence-corrected chi connectivity index (χ1v) is 6.65. The highest BCUT2D eigenvalue weighted by Gasteiger charge is 2.15. The molecule has 2 rings (SSSR count). The van der Waals surface area contributed by atoms with Crippen molar-refractivity contribution >= 4 is 29.0 Å². The number of methoxy groups -OCH3 is 1. The molecule has 0 saturated carbocycles. The van der Waals surface area contributed by atoms with Crippen molar-refractivity contribution in [2.45, 2.75) is 6.92 Å². The number of hydrogen-bond donors (Lipinski definition) is 1. The second kappa shape index (κ2) is 6.41. The van der Waals surface area contributed by atoms with Crippen LogP contribution in [-0.2, 0) is 4.79 Å². The summed E-state index contributed by atoms with van der Waals surface area (Å²) in [5, 5.41) is 3.11. The zero-order valence-electron chi connectivity index (χ0n) is 11.6. The van der Waals surface area contributed by atoms with E-state index in [4.69, 9.17) is 16.3 Å². The Bertz CT molecular complexity index is 680. The van der Waals surface area contributed by atoms with Crippen LogP contribution in [0, 0.1) is 0 Å². The second-order valence-electron chi connectivity index (χ2n) is 4.43. The highest BCUT2D eigenvalue weighted by Crippen LogP contribution is 2.25. The van der Waals surface area contributed by atoms with Gasteiger partial charge in [0.25, 0.3) is 0 Å². The van der Waals surface area contributed by atoms with Gasteiger partial charge in [0.1, 0.15) is 5.75 Å². The summed E-state index contributed by atoms with van der Waals surface area (Å²) < 4.78 is 5.18. The minimum atomic E-state index is -0.191. The van der Waals surface area contributed by atoms with Gasteiger partial charge in [-0.1, -0.05) is 11.6 Å². The van der Waals surface area contributed by atoms with Crippen LogP contribution >= 0.6 is 11.6 Å². The largest absolute Gasteiger partial charge is 0.496 e. The molecule has 0 spiro atoms. The van der Waals surface area contributed by atoms with Crippen LogP contribution < -0.4 is 10.1 Å². The second-order valence-corrected chi connectivity index (χ2v) is 4.87. The molecule has 0 heterocycles. The molecule has 21 heavy (non-hydrogen) atoms. The number of ether oxygens (including phenoxy) is 1. The first kappa shape index (κ1) is 15.1. The van der Waals surface area contributed by atoms with Gasteiger partial charge in [-0.2, -0.15) is 0 Å². The predicted molar refractivity (Wildman–Crippen MR) is 82.2 cm³/mol. The van der Waals surface area contributed by atoms with Crippen LogP contribution in [0.2, 0.25) is 5.02 Å². The number of carbonyl (C=O) groups is 2. The summed E-state index contributed by atoms with van der Waals surface area (Å²) in [6.45, 7) is 1.43. The van der Waals surface area contributed by atoms with E-state index in [1.807, 2.05) is 0 Å². The van der Waals surface area contributed by atoms with Gasteiger partial charge < -0.3 is 10.1 Å². The molecule has 0 saturated heterocycles. The summed E-state index contributed by atoms with van der Waals surface area (Å²) in [6.07, 6.45) is 0. The van der Waals surface area contributed by atoms with E-state index in [2.05, 4.69) is 5.32 Å². The lowest BCUT2D eigenvalue weighted by Crippen LogP contribution is -2.07. The van der Waals surface area contributed by atoms with E-state index in [1.54, 1.807) is 42.5 Å². The van der Waals surface area contributed by atoms with Crippen LogP contribution in [-0.4, -0.2) is 18.8 Å².